The molecule has 4 aromatic heterocycles. The average molecular weight is 845 g/mol. The zero-order valence-electron chi connectivity index (χ0n) is 32.7. The molecule has 20 heteroatoms. The molecule has 8 rings (SSSR count). The van der Waals surface area contributed by atoms with E-state index in [4.69, 9.17) is 34.1 Å². The Balaban J connectivity index is 0.000000739. The quantitative estimate of drug-likeness (QED) is 0.0981. The van der Waals surface area contributed by atoms with Crippen molar-refractivity contribution >= 4 is 34.9 Å². The van der Waals surface area contributed by atoms with Crippen LogP contribution in [0.25, 0.3) is 11.2 Å². The number of imidazole rings is 1. The highest BCUT2D eigenvalue weighted by molar-refractivity contribution is 5.84. The summed E-state index contributed by atoms with van der Waals surface area (Å²) in [6.07, 6.45) is -5.09. The molecule has 2 amide bonds. The number of carbonyl (C=O) groups excluding carboxylic acids is 1. The number of aryl methyl sites for hydroxylation is 1. The number of carboxylic acid groups (broad SMARTS) is 1. The highest BCUT2D eigenvalue weighted by Gasteiger charge is 2.47. The van der Waals surface area contributed by atoms with Crippen molar-refractivity contribution in [3.05, 3.63) is 126 Å². The van der Waals surface area contributed by atoms with Gasteiger partial charge >= 0.3 is 18.2 Å². The standard InChI is InChI=1S/C39H42N10O5.C2HF3O2/c1-2-26-19-30(54-47-26)34-32(50)33(51)37(53-34)49-23-43-31-35(41-21-29(24-11-5-3-6-12-24)25-13-7-4-8-14-25)45-38(46-36(31)49)48-18-16-28(22-48)44-39(52)42-20-27-15-9-10-17-40-27;3-2(4,5)1(6)7/h3-15,17,19,23,28-29,32-34,37,50-51H,2,16,18,20-22H2,1H3,(H,41,45,46)(H2,42,44,52);(H,6,7)/t28-,32+,33-,34-,37-;/m1./s1. The summed E-state index contributed by atoms with van der Waals surface area (Å²) < 4.78 is 45.1. The third kappa shape index (κ3) is 10.0. The van der Waals surface area contributed by atoms with Crippen LogP contribution in [0.3, 0.4) is 0 Å². The lowest BCUT2D eigenvalue weighted by Crippen LogP contribution is -2.43. The van der Waals surface area contributed by atoms with Crippen molar-refractivity contribution in [2.45, 2.75) is 69.0 Å². The first-order valence-electron chi connectivity index (χ1n) is 19.4. The topological polar surface area (TPSA) is 226 Å². The molecule has 320 valence electrons. The minimum Gasteiger partial charge on any atom is -0.475 e. The molecular weight excluding hydrogens is 802 g/mol. The summed E-state index contributed by atoms with van der Waals surface area (Å²) in [7, 11) is 0. The summed E-state index contributed by atoms with van der Waals surface area (Å²) >= 11 is 0. The molecular formula is C41H43F3N10O7. The minimum atomic E-state index is -5.08. The first-order chi connectivity index (χ1) is 29.4. The fourth-order valence-electron chi connectivity index (χ4n) is 7.08. The molecule has 2 aliphatic heterocycles. The summed E-state index contributed by atoms with van der Waals surface area (Å²) in [6.45, 7) is 3.83. The Morgan fingerprint density at radius 1 is 0.934 bits per heavy atom. The van der Waals surface area contributed by atoms with E-state index in [-0.39, 0.29) is 18.0 Å². The summed E-state index contributed by atoms with van der Waals surface area (Å²) in [5, 5.41) is 43.1. The van der Waals surface area contributed by atoms with Crippen molar-refractivity contribution in [1.29, 1.82) is 0 Å². The molecule has 6 heterocycles. The van der Waals surface area contributed by atoms with E-state index in [1.54, 1.807) is 23.2 Å². The number of nitrogens with zero attached hydrogens (tertiary/aromatic N) is 7. The lowest BCUT2D eigenvalue weighted by molar-refractivity contribution is -0.192. The minimum absolute atomic E-state index is 0.00118. The van der Waals surface area contributed by atoms with E-state index in [9.17, 15) is 28.2 Å². The normalized spacial score (nSPS) is 20.0. The van der Waals surface area contributed by atoms with Gasteiger partial charge in [-0.3, -0.25) is 9.55 Å². The molecule has 6 N–H and O–H groups in total. The zero-order chi connectivity index (χ0) is 43.1. The first kappa shape index (κ1) is 42.5. The Kier molecular flexibility index (Phi) is 13.0. The number of aliphatic hydroxyl groups is 2. The monoisotopic (exact) mass is 844 g/mol. The lowest BCUT2D eigenvalue weighted by atomic mass is 9.91. The van der Waals surface area contributed by atoms with Gasteiger partial charge in [-0.2, -0.15) is 23.1 Å². The average Bonchev–Trinajstić information content (AvgIpc) is 4.09. The largest absolute Gasteiger partial charge is 0.490 e. The molecule has 0 saturated carbocycles. The molecule has 2 fully saturated rings. The van der Waals surface area contributed by atoms with E-state index >= 15 is 0 Å². The molecule has 0 spiro atoms. The van der Waals surface area contributed by atoms with Gasteiger partial charge in [-0.05, 0) is 36.1 Å². The molecule has 17 nitrogen and oxygen atoms in total. The molecule has 0 radical (unpaired) electrons. The van der Waals surface area contributed by atoms with Crippen LogP contribution >= 0.6 is 0 Å². The van der Waals surface area contributed by atoms with Gasteiger partial charge in [0.2, 0.25) is 5.95 Å². The van der Waals surface area contributed by atoms with Gasteiger partial charge in [-0.1, -0.05) is 78.8 Å². The number of alkyl halides is 3. The number of ether oxygens (including phenoxy) is 1. The van der Waals surface area contributed by atoms with Crippen molar-refractivity contribution < 1.29 is 47.3 Å². The number of aliphatic carboxylic acids is 1. The van der Waals surface area contributed by atoms with Gasteiger partial charge in [0.25, 0.3) is 0 Å². The van der Waals surface area contributed by atoms with Crippen molar-refractivity contribution in [1.82, 2.24) is 40.3 Å². The SMILES string of the molecule is CCc1cc([C@H]2O[C@@H](n3cnc4c(NCC(c5ccccc5)c5ccccc5)nc(N5CC[C@@H](NC(=O)NCc6ccccn6)C5)nc43)[C@H](O)[C@@H]2O)on1.O=C(O)C(F)(F)F. The van der Waals surface area contributed by atoms with Crippen LogP contribution in [-0.2, 0) is 22.5 Å². The molecule has 0 unspecified atom stereocenters. The van der Waals surface area contributed by atoms with Crippen molar-refractivity contribution in [2.24, 2.45) is 0 Å². The van der Waals surface area contributed by atoms with Crippen LogP contribution in [0.4, 0.5) is 29.7 Å². The third-order valence-electron chi connectivity index (χ3n) is 10.2. The number of urea groups is 1. The predicted molar refractivity (Wildman–Crippen MR) is 213 cm³/mol. The van der Waals surface area contributed by atoms with Crippen LogP contribution in [0.15, 0.2) is 102 Å². The maximum absolute atomic E-state index is 12.8. The molecule has 0 aliphatic carbocycles. The van der Waals surface area contributed by atoms with E-state index < -0.39 is 36.7 Å². The lowest BCUT2D eigenvalue weighted by Gasteiger charge is -2.22. The fourth-order valence-corrected chi connectivity index (χ4v) is 7.08. The van der Waals surface area contributed by atoms with E-state index in [1.807, 2.05) is 66.4 Å². The number of hydrogen-bond acceptors (Lipinski definition) is 13. The highest BCUT2D eigenvalue weighted by atomic mass is 19.4. The second kappa shape index (κ2) is 18.7. The van der Waals surface area contributed by atoms with Gasteiger partial charge in [-0.15, -0.1) is 0 Å². The van der Waals surface area contributed by atoms with Crippen molar-refractivity contribution in [3.63, 3.8) is 0 Å². The number of anilines is 2. The number of aliphatic hydroxyl groups excluding tert-OH is 2. The number of rotatable bonds is 12. The number of fused-ring (bicyclic) bond motifs is 1. The second-order valence-electron chi connectivity index (χ2n) is 14.3. The van der Waals surface area contributed by atoms with Crippen LogP contribution in [0.5, 0.6) is 0 Å². The molecule has 5 atom stereocenters. The highest BCUT2D eigenvalue weighted by Crippen LogP contribution is 2.41. The summed E-state index contributed by atoms with van der Waals surface area (Å²) in [6, 6.07) is 27.4. The number of carboxylic acids is 1. The Morgan fingerprint density at radius 3 is 2.25 bits per heavy atom. The van der Waals surface area contributed by atoms with Gasteiger partial charge in [0.05, 0.1) is 24.3 Å². The number of aromatic nitrogens is 6. The van der Waals surface area contributed by atoms with Crippen LogP contribution in [0, 0.1) is 0 Å². The van der Waals surface area contributed by atoms with E-state index in [0.29, 0.717) is 73.4 Å². The number of amides is 2. The van der Waals surface area contributed by atoms with Crippen LogP contribution in [-0.4, -0.2) is 101 Å². The zero-order valence-corrected chi connectivity index (χ0v) is 32.7. The van der Waals surface area contributed by atoms with Crippen LogP contribution in [0.1, 0.15) is 59.9 Å². The molecule has 2 aromatic carbocycles. The summed E-state index contributed by atoms with van der Waals surface area (Å²) in [5.41, 5.74) is 4.65. The molecule has 6 aromatic rings. The number of nitrogens with one attached hydrogen (secondary N) is 3. The Bertz CT molecular complexity index is 2350. The second-order valence-corrected chi connectivity index (χ2v) is 14.3. The number of halogens is 3. The van der Waals surface area contributed by atoms with Gasteiger partial charge in [-0.25, -0.2) is 14.6 Å². The maximum atomic E-state index is 12.8. The third-order valence-corrected chi connectivity index (χ3v) is 10.2. The molecule has 0 bridgehead atoms. The number of carbonyl (C=O) groups is 2. The van der Waals surface area contributed by atoms with Crippen molar-refractivity contribution in [3.8, 4) is 0 Å². The summed E-state index contributed by atoms with van der Waals surface area (Å²) in [5.74, 6) is -1.50. The number of hydrogen-bond donors (Lipinski definition) is 6. The van der Waals surface area contributed by atoms with E-state index in [1.165, 1.54) is 0 Å². The van der Waals surface area contributed by atoms with Crippen LogP contribution < -0.4 is 20.9 Å². The van der Waals surface area contributed by atoms with Gasteiger partial charge in [0, 0.05) is 43.9 Å². The fraction of sp³-hybridized carbons (Fsp3) is 0.341. The van der Waals surface area contributed by atoms with E-state index in [2.05, 4.69) is 50.4 Å². The Hall–Kier alpha value is -6.64. The maximum Gasteiger partial charge on any atom is 0.490 e. The predicted octanol–water partition coefficient (Wildman–Crippen LogP) is 4.72. The number of pyridine rings is 1. The van der Waals surface area contributed by atoms with Crippen molar-refractivity contribution in [2.75, 3.05) is 29.9 Å². The van der Waals surface area contributed by atoms with Gasteiger partial charge in [0.1, 0.15) is 18.3 Å². The first-order valence-corrected chi connectivity index (χ1v) is 19.4. The van der Waals surface area contributed by atoms with Crippen LogP contribution in [0.2, 0.25) is 0 Å². The number of benzene rings is 2. The Labute approximate surface area is 346 Å². The smallest absolute Gasteiger partial charge is 0.475 e. The van der Waals surface area contributed by atoms with Gasteiger partial charge < -0.3 is 45.4 Å². The Morgan fingerprint density at radius 2 is 1.62 bits per heavy atom. The molecule has 61 heavy (non-hydrogen) atoms. The van der Waals surface area contributed by atoms with Gasteiger partial charge in [0.15, 0.2) is 29.0 Å². The molecule has 2 saturated heterocycles. The summed E-state index contributed by atoms with van der Waals surface area (Å²) in [4.78, 5) is 42.6. The van der Waals surface area contributed by atoms with E-state index in [0.717, 1.165) is 16.8 Å². The molecule has 2 aliphatic rings.